The summed E-state index contributed by atoms with van der Waals surface area (Å²) in [5, 5.41) is 1.83. The molecule has 1 amide bonds. The second-order valence-corrected chi connectivity index (χ2v) is 6.61. The first-order chi connectivity index (χ1) is 10.3. The molecule has 0 radical (unpaired) electrons. The van der Waals surface area contributed by atoms with E-state index in [1.807, 2.05) is 34.7 Å². The van der Waals surface area contributed by atoms with Gasteiger partial charge >= 0.3 is 0 Å². The predicted octanol–water partition coefficient (Wildman–Crippen LogP) is 1.89. The molecule has 1 spiro atoms. The number of hydrogen-bond donors (Lipinski definition) is 0. The highest BCUT2D eigenvalue weighted by Crippen LogP contribution is 2.41. The number of pyridine rings is 1. The monoisotopic (exact) mass is 300 g/mol. The molecule has 0 aromatic carbocycles. The van der Waals surface area contributed by atoms with Crippen molar-refractivity contribution in [2.75, 3.05) is 31.1 Å². The van der Waals surface area contributed by atoms with Gasteiger partial charge in [-0.2, -0.15) is 0 Å². The summed E-state index contributed by atoms with van der Waals surface area (Å²) in [7, 11) is 0. The van der Waals surface area contributed by atoms with Crippen LogP contribution < -0.4 is 4.90 Å². The maximum Gasteiger partial charge on any atom is 0.273 e. The van der Waals surface area contributed by atoms with Crippen molar-refractivity contribution >= 4 is 23.1 Å². The molecule has 6 heteroatoms. The minimum Gasteiger partial charge on any atom is -0.355 e. The maximum atomic E-state index is 12.3. The quantitative estimate of drug-likeness (QED) is 0.850. The molecule has 5 nitrogen and oxygen atoms in total. The zero-order chi connectivity index (χ0) is 14.3. The van der Waals surface area contributed by atoms with Gasteiger partial charge in [0, 0.05) is 43.2 Å². The molecule has 2 aromatic rings. The number of thiazole rings is 1. The van der Waals surface area contributed by atoms with Crippen LogP contribution in [0.2, 0.25) is 0 Å². The number of carbonyl (C=O) groups excluding carboxylic acids is 1. The summed E-state index contributed by atoms with van der Waals surface area (Å²) >= 11 is 1.47. The SMILES string of the molecule is O=C(c1cscn1)N1CCC2(C1)CN(c1ccccn1)C2. The van der Waals surface area contributed by atoms with E-state index >= 15 is 0 Å². The van der Waals surface area contributed by atoms with E-state index in [1.54, 1.807) is 5.51 Å². The van der Waals surface area contributed by atoms with E-state index < -0.39 is 0 Å². The van der Waals surface area contributed by atoms with E-state index in [2.05, 4.69) is 14.9 Å². The first-order valence-electron chi connectivity index (χ1n) is 7.09. The Morgan fingerprint density at radius 2 is 2.14 bits per heavy atom. The Hall–Kier alpha value is -1.95. The summed E-state index contributed by atoms with van der Waals surface area (Å²) in [6.07, 6.45) is 2.90. The fourth-order valence-electron chi connectivity index (χ4n) is 3.31. The molecule has 2 aromatic heterocycles. The molecule has 108 valence electrons. The molecule has 4 heterocycles. The fourth-order valence-corrected chi connectivity index (χ4v) is 3.84. The van der Waals surface area contributed by atoms with Gasteiger partial charge in [-0.25, -0.2) is 9.97 Å². The highest BCUT2D eigenvalue weighted by molar-refractivity contribution is 7.07. The largest absolute Gasteiger partial charge is 0.355 e. The first kappa shape index (κ1) is 12.8. The minimum atomic E-state index is 0.0735. The Morgan fingerprint density at radius 3 is 2.86 bits per heavy atom. The van der Waals surface area contributed by atoms with Crippen LogP contribution in [-0.4, -0.2) is 47.0 Å². The molecule has 0 N–H and O–H groups in total. The lowest BCUT2D eigenvalue weighted by Gasteiger charge is -2.48. The van der Waals surface area contributed by atoms with Crippen molar-refractivity contribution in [3.63, 3.8) is 0 Å². The Bertz CT molecular complexity index is 637. The van der Waals surface area contributed by atoms with Crippen LogP contribution in [0.1, 0.15) is 16.9 Å². The summed E-state index contributed by atoms with van der Waals surface area (Å²) in [4.78, 5) is 25.1. The maximum absolute atomic E-state index is 12.3. The third-order valence-electron chi connectivity index (χ3n) is 4.40. The topological polar surface area (TPSA) is 49.3 Å². The van der Waals surface area contributed by atoms with Gasteiger partial charge in [0.25, 0.3) is 5.91 Å². The van der Waals surface area contributed by atoms with Crippen molar-refractivity contribution in [1.82, 2.24) is 14.9 Å². The Balaban J connectivity index is 1.41. The number of rotatable bonds is 2. The van der Waals surface area contributed by atoms with Crippen molar-refractivity contribution in [3.05, 3.63) is 41.0 Å². The van der Waals surface area contributed by atoms with E-state index in [1.165, 1.54) is 11.3 Å². The Morgan fingerprint density at radius 1 is 1.24 bits per heavy atom. The van der Waals surface area contributed by atoms with Gasteiger partial charge in [0.2, 0.25) is 0 Å². The lowest BCUT2D eigenvalue weighted by Crippen LogP contribution is -2.58. The van der Waals surface area contributed by atoms with Crippen molar-refractivity contribution in [1.29, 1.82) is 0 Å². The molecule has 4 rings (SSSR count). The number of aromatic nitrogens is 2. The van der Waals surface area contributed by atoms with E-state index in [9.17, 15) is 4.79 Å². The Labute approximate surface area is 127 Å². The van der Waals surface area contributed by atoms with Gasteiger partial charge in [-0.3, -0.25) is 4.79 Å². The van der Waals surface area contributed by atoms with E-state index in [4.69, 9.17) is 0 Å². The van der Waals surface area contributed by atoms with Crippen molar-refractivity contribution < 1.29 is 4.79 Å². The first-order valence-corrected chi connectivity index (χ1v) is 8.04. The lowest BCUT2D eigenvalue weighted by molar-refractivity contribution is 0.0758. The van der Waals surface area contributed by atoms with Crippen LogP contribution in [0.15, 0.2) is 35.3 Å². The highest BCUT2D eigenvalue weighted by Gasteiger charge is 2.49. The third-order valence-corrected chi connectivity index (χ3v) is 4.99. The van der Waals surface area contributed by atoms with Crippen molar-refractivity contribution in [2.24, 2.45) is 5.41 Å². The minimum absolute atomic E-state index is 0.0735. The molecular formula is C15H16N4OS. The molecule has 2 saturated heterocycles. The molecule has 2 aliphatic heterocycles. The van der Waals surface area contributed by atoms with Crippen LogP contribution in [0.3, 0.4) is 0 Å². The highest BCUT2D eigenvalue weighted by atomic mass is 32.1. The van der Waals surface area contributed by atoms with Gasteiger partial charge in [-0.1, -0.05) is 6.07 Å². The number of likely N-dealkylation sites (tertiary alicyclic amines) is 1. The van der Waals surface area contributed by atoms with Gasteiger partial charge in [0.05, 0.1) is 5.51 Å². The standard InChI is InChI=1S/C15H16N4OS/c20-14(12-7-21-11-17-12)18-6-4-15(8-18)9-19(10-15)13-3-1-2-5-16-13/h1-3,5,7,11H,4,6,8-10H2. The lowest BCUT2D eigenvalue weighted by atomic mass is 9.79. The fraction of sp³-hybridized carbons (Fsp3) is 0.400. The molecule has 2 aliphatic rings. The molecule has 0 aliphatic carbocycles. The number of amides is 1. The van der Waals surface area contributed by atoms with Crippen LogP contribution in [0.4, 0.5) is 5.82 Å². The summed E-state index contributed by atoms with van der Waals surface area (Å²) < 4.78 is 0. The summed E-state index contributed by atoms with van der Waals surface area (Å²) in [6.45, 7) is 3.66. The van der Waals surface area contributed by atoms with Gasteiger partial charge in [-0.05, 0) is 18.6 Å². The van der Waals surface area contributed by atoms with E-state index in [0.717, 1.165) is 38.4 Å². The summed E-state index contributed by atoms with van der Waals surface area (Å²) in [6, 6.07) is 5.99. The molecule has 2 fully saturated rings. The number of anilines is 1. The van der Waals surface area contributed by atoms with Crippen LogP contribution in [0, 0.1) is 5.41 Å². The molecule has 0 saturated carbocycles. The van der Waals surface area contributed by atoms with Crippen LogP contribution in [0.5, 0.6) is 0 Å². The molecule has 0 unspecified atom stereocenters. The van der Waals surface area contributed by atoms with Gasteiger partial charge in [0.15, 0.2) is 0 Å². The molecular weight excluding hydrogens is 284 g/mol. The van der Waals surface area contributed by atoms with Gasteiger partial charge in [-0.15, -0.1) is 11.3 Å². The Kier molecular flexibility index (Phi) is 2.92. The van der Waals surface area contributed by atoms with Crippen LogP contribution in [-0.2, 0) is 0 Å². The normalized spacial score (nSPS) is 19.8. The van der Waals surface area contributed by atoms with Crippen molar-refractivity contribution in [3.8, 4) is 0 Å². The van der Waals surface area contributed by atoms with Gasteiger partial charge < -0.3 is 9.80 Å². The van der Waals surface area contributed by atoms with Gasteiger partial charge in [0.1, 0.15) is 11.5 Å². The predicted molar refractivity (Wildman–Crippen MR) is 81.5 cm³/mol. The number of carbonyl (C=O) groups is 1. The third kappa shape index (κ3) is 2.19. The van der Waals surface area contributed by atoms with E-state index in [-0.39, 0.29) is 11.3 Å². The van der Waals surface area contributed by atoms with Crippen LogP contribution >= 0.6 is 11.3 Å². The smallest absolute Gasteiger partial charge is 0.273 e. The molecule has 21 heavy (non-hydrogen) atoms. The van der Waals surface area contributed by atoms with Crippen molar-refractivity contribution in [2.45, 2.75) is 6.42 Å². The van der Waals surface area contributed by atoms with Crippen LogP contribution in [0.25, 0.3) is 0 Å². The summed E-state index contributed by atoms with van der Waals surface area (Å²) in [5.74, 6) is 1.11. The second-order valence-electron chi connectivity index (χ2n) is 5.89. The molecule has 0 atom stereocenters. The number of hydrogen-bond acceptors (Lipinski definition) is 5. The molecule has 0 bridgehead atoms. The second kappa shape index (κ2) is 4.80. The summed E-state index contributed by atoms with van der Waals surface area (Å²) in [5.41, 5.74) is 2.55. The zero-order valence-corrected chi connectivity index (χ0v) is 12.4. The van der Waals surface area contributed by atoms with E-state index in [0.29, 0.717) is 5.69 Å². The average molecular weight is 300 g/mol. The zero-order valence-electron chi connectivity index (χ0n) is 11.6. The number of nitrogens with zero attached hydrogens (tertiary/aromatic N) is 4. The average Bonchev–Trinajstić information content (AvgIpc) is 3.15.